The van der Waals surface area contributed by atoms with Crippen molar-refractivity contribution in [2.75, 3.05) is 11.9 Å². The molecule has 120 valence electrons. The Morgan fingerprint density at radius 3 is 2.38 bits per heavy atom. The molecule has 0 aliphatic rings. The van der Waals surface area contributed by atoms with E-state index in [2.05, 4.69) is 65.8 Å². The summed E-state index contributed by atoms with van der Waals surface area (Å²) in [5.74, 6) is 2.62. The second-order valence-electron chi connectivity index (χ2n) is 7.17. The van der Waals surface area contributed by atoms with Gasteiger partial charge in [0.05, 0.1) is 0 Å². The predicted octanol–water partition coefficient (Wildman–Crippen LogP) is 5.56. The van der Waals surface area contributed by atoms with Gasteiger partial charge in [0.25, 0.3) is 0 Å². The van der Waals surface area contributed by atoms with Crippen molar-refractivity contribution in [3.8, 4) is 0 Å². The second kappa shape index (κ2) is 8.72. The van der Waals surface area contributed by atoms with Crippen LogP contribution in [-0.2, 0) is 5.41 Å². The van der Waals surface area contributed by atoms with E-state index < -0.39 is 0 Å². The molecule has 0 fully saturated rings. The zero-order valence-electron chi connectivity index (χ0n) is 14.2. The van der Waals surface area contributed by atoms with Crippen LogP contribution in [-0.4, -0.2) is 16.5 Å². The normalized spacial score (nSPS) is 12.0. The first-order valence-electron chi connectivity index (χ1n) is 8.08. The Balaban J connectivity index is 2.34. The van der Waals surface area contributed by atoms with Crippen LogP contribution < -0.4 is 5.32 Å². The van der Waals surface area contributed by atoms with Gasteiger partial charge < -0.3 is 5.32 Å². The van der Waals surface area contributed by atoms with Crippen molar-refractivity contribution in [2.24, 2.45) is 5.92 Å². The highest BCUT2D eigenvalue weighted by Crippen LogP contribution is 2.22. The summed E-state index contributed by atoms with van der Waals surface area (Å²) in [6.45, 7) is 12.0. The van der Waals surface area contributed by atoms with Crippen molar-refractivity contribution in [1.82, 2.24) is 9.97 Å². The van der Waals surface area contributed by atoms with Crippen molar-refractivity contribution in [3.63, 3.8) is 0 Å². The van der Waals surface area contributed by atoms with Crippen LogP contribution >= 0.6 is 15.9 Å². The van der Waals surface area contributed by atoms with E-state index in [4.69, 9.17) is 0 Å². The first kappa shape index (κ1) is 18.4. The maximum atomic E-state index is 4.61. The minimum Gasteiger partial charge on any atom is -0.370 e. The van der Waals surface area contributed by atoms with Crippen molar-refractivity contribution in [3.05, 3.63) is 16.5 Å². The molecule has 0 aromatic carbocycles. The Labute approximate surface area is 138 Å². The minimum absolute atomic E-state index is 0.0307. The summed E-state index contributed by atoms with van der Waals surface area (Å²) in [5, 5.41) is 3.42. The maximum absolute atomic E-state index is 4.61. The molecule has 0 amide bonds. The van der Waals surface area contributed by atoms with Crippen LogP contribution in [0.25, 0.3) is 0 Å². The summed E-state index contributed by atoms with van der Waals surface area (Å²) < 4.78 is 0.849. The lowest BCUT2D eigenvalue weighted by Crippen LogP contribution is -2.17. The van der Waals surface area contributed by atoms with Gasteiger partial charge >= 0.3 is 0 Å². The summed E-state index contributed by atoms with van der Waals surface area (Å²) in [4.78, 5) is 9.07. The molecule has 0 radical (unpaired) electrons. The molecule has 1 N–H and O–H groups in total. The summed E-state index contributed by atoms with van der Waals surface area (Å²) in [6.07, 6.45) is 6.52. The van der Waals surface area contributed by atoms with E-state index in [1.807, 2.05) is 6.07 Å². The van der Waals surface area contributed by atoms with Gasteiger partial charge in [-0.05, 0) is 28.3 Å². The van der Waals surface area contributed by atoms with Gasteiger partial charge in [0.15, 0.2) is 0 Å². The van der Waals surface area contributed by atoms with E-state index >= 15 is 0 Å². The van der Waals surface area contributed by atoms with Gasteiger partial charge in [0.2, 0.25) is 0 Å². The van der Waals surface area contributed by atoms with Crippen LogP contribution in [0, 0.1) is 5.92 Å². The van der Waals surface area contributed by atoms with Crippen LogP contribution in [0.15, 0.2) is 10.7 Å². The first-order valence-corrected chi connectivity index (χ1v) is 8.87. The standard InChI is InChI=1S/C17H30BrN3/c1-13(2)10-8-6-7-9-11-19-15-12-14(18)20-16(21-15)17(3,4)5/h12-13H,6-11H2,1-5H3,(H,19,20,21). The van der Waals surface area contributed by atoms with Gasteiger partial charge in [-0.3, -0.25) is 0 Å². The smallest absolute Gasteiger partial charge is 0.137 e. The average Bonchev–Trinajstić information content (AvgIpc) is 2.35. The van der Waals surface area contributed by atoms with Crippen molar-refractivity contribution in [1.29, 1.82) is 0 Å². The van der Waals surface area contributed by atoms with Crippen molar-refractivity contribution < 1.29 is 0 Å². The molecule has 1 aromatic heterocycles. The molecule has 0 aliphatic heterocycles. The highest BCUT2D eigenvalue weighted by molar-refractivity contribution is 9.10. The highest BCUT2D eigenvalue weighted by atomic mass is 79.9. The van der Waals surface area contributed by atoms with Gasteiger partial charge in [0, 0.05) is 18.0 Å². The molecular weight excluding hydrogens is 326 g/mol. The van der Waals surface area contributed by atoms with Crippen molar-refractivity contribution >= 4 is 21.7 Å². The molecule has 0 aliphatic carbocycles. The number of aromatic nitrogens is 2. The van der Waals surface area contributed by atoms with E-state index in [9.17, 15) is 0 Å². The van der Waals surface area contributed by atoms with Crippen LogP contribution in [0.5, 0.6) is 0 Å². The van der Waals surface area contributed by atoms with Gasteiger partial charge in [0.1, 0.15) is 16.2 Å². The molecule has 1 rings (SSSR count). The lowest BCUT2D eigenvalue weighted by Gasteiger charge is -2.18. The molecule has 1 heterocycles. The van der Waals surface area contributed by atoms with Gasteiger partial charge in [-0.15, -0.1) is 0 Å². The van der Waals surface area contributed by atoms with E-state index in [-0.39, 0.29) is 5.41 Å². The van der Waals surface area contributed by atoms with Crippen LogP contribution in [0.2, 0.25) is 0 Å². The quantitative estimate of drug-likeness (QED) is 0.490. The molecule has 4 heteroatoms. The fraction of sp³-hybridized carbons (Fsp3) is 0.765. The molecule has 3 nitrogen and oxygen atoms in total. The number of nitrogens with zero attached hydrogens (tertiary/aromatic N) is 2. The molecule has 0 atom stereocenters. The average molecular weight is 356 g/mol. The van der Waals surface area contributed by atoms with Crippen LogP contribution in [0.1, 0.15) is 72.5 Å². The number of nitrogens with one attached hydrogen (secondary N) is 1. The summed E-state index contributed by atoms with van der Waals surface area (Å²) in [5.41, 5.74) is -0.0307. The third-order valence-electron chi connectivity index (χ3n) is 3.38. The fourth-order valence-electron chi connectivity index (χ4n) is 2.09. The predicted molar refractivity (Wildman–Crippen MR) is 94.8 cm³/mol. The minimum atomic E-state index is -0.0307. The molecule has 0 bridgehead atoms. The third kappa shape index (κ3) is 7.79. The van der Waals surface area contributed by atoms with Crippen molar-refractivity contribution in [2.45, 2.75) is 72.1 Å². The Morgan fingerprint density at radius 2 is 1.76 bits per heavy atom. The Hall–Kier alpha value is -0.640. The molecule has 0 saturated heterocycles. The lowest BCUT2D eigenvalue weighted by atomic mass is 9.96. The van der Waals surface area contributed by atoms with E-state index in [0.29, 0.717) is 0 Å². The molecule has 0 spiro atoms. The summed E-state index contributed by atoms with van der Waals surface area (Å²) in [6, 6.07) is 1.95. The molecule has 1 aromatic rings. The summed E-state index contributed by atoms with van der Waals surface area (Å²) in [7, 11) is 0. The van der Waals surface area contributed by atoms with Crippen LogP contribution in [0.4, 0.5) is 5.82 Å². The van der Waals surface area contributed by atoms with Gasteiger partial charge in [-0.1, -0.05) is 60.3 Å². The molecular formula is C17H30BrN3. The zero-order chi connectivity index (χ0) is 15.9. The highest BCUT2D eigenvalue weighted by Gasteiger charge is 2.18. The number of anilines is 1. The fourth-order valence-corrected chi connectivity index (χ4v) is 2.48. The molecule has 0 saturated carbocycles. The molecule has 0 unspecified atom stereocenters. The van der Waals surface area contributed by atoms with Gasteiger partial charge in [-0.25, -0.2) is 9.97 Å². The monoisotopic (exact) mass is 355 g/mol. The first-order chi connectivity index (χ1) is 9.79. The lowest BCUT2D eigenvalue weighted by molar-refractivity contribution is 0.522. The number of unbranched alkanes of at least 4 members (excludes halogenated alkanes) is 3. The van der Waals surface area contributed by atoms with E-state index in [0.717, 1.165) is 28.7 Å². The number of rotatable bonds is 8. The SMILES string of the molecule is CC(C)CCCCCCNc1cc(Br)nc(C(C)(C)C)n1. The number of hydrogen-bond acceptors (Lipinski definition) is 3. The number of hydrogen-bond donors (Lipinski definition) is 1. The van der Waals surface area contributed by atoms with E-state index in [1.54, 1.807) is 0 Å². The Kier molecular flexibility index (Phi) is 7.64. The summed E-state index contributed by atoms with van der Waals surface area (Å²) >= 11 is 3.47. The topological polar surface area (TPSA) is 37.8 Å². The number of halogens is 1. The Bertz CT molecular complexity index is 425. The Morgan fingerprint density at radius 1 is 1.10 bits per heavy atom. The largest absolute Gasteiger partial charge is 0.370 e. The van der Waals surface area contributed by atoms with Gasteiger partial charge in [-0.2, -0.15) is 0 Å². The van der Waals surface area contributed by atoms with E-state index in [1.165, 1.54) is 32.1 Å². The second-order valence-corrected chi connectivity index (χ2v) is 7.99. The zero-order valence-corrected chi connectivity index (χ0v) is 15.8. The third-order valence-corrected chi connectivity index (χ3v) is 3.79. The maximum Gasteiger partial charge on any atom is 0.137 e. The van der Waals surface area contributed by atoms with Crippen LogP contribution in [0.3, 0.4) is 0 Å². The molecule has 21 heavy (non-hydrogen) atoms.